The Bertz CT molecular complexity index is 778. The standard InChI is InChI=1S/C14H13BrFNO3S/c1-9-2-5-14(12(15)6-9)17-21(19,20)11-3-4-13(16)10(7-11)8-18/h2-7,17-18H,8H2,1H3. The Hall–Kier alpha value is -1.44. The van der Waals surface area contributed by atoms with E-state index in [2.05, 4.69) is 20.7 Å². The molecule has 7 heteroatoms. The van der Waals surface area contributed by atoms with Crippen LogP contribution < -0.4 is 4.72 Å². The van der Waals surface area contributed by atoms with Crippen LogP contribution in [0.1, 0.15) is 11.1 Å². The summed E-state index contributed by atoms with van der Waals surface area (Å²) in [4.78, 5) is -0.111. The minimum atomic E-state index is -3.86. The molecule has 2 aromatic carbocycles. The van der Waals surface area contributed by atoms with Crippen molar-refractivity contribution in [3.05, 3.63) is 57.8 Å². The quantitative estimate of drug-likeness (QED) is 0.864. The fourth-order valence-electron chi connectivity index (χ4n) is 1.75. The molecule has 2 N–H and O–H groups in total. The van der Waals surface area contributed by atoms with E-state index in [0.717, 1.165) is 23.8 Å². The second kappa shape index (κ2) is 6.13. The van der Waals surface area contributed by atoms with E-state index in [1.54, 1.807) is 18.2 Å². The zero-order valence-corrected chi connectivity index (χ0v) is 13.5. The molecule has 2 aromatic rings. The summed E-state index contributed by atoms with van der Waals surface area (Å²) in [6, 6.07) is 8.46. The first kappa shape index (κ1) is 15.9. The molecule has 0 spiro atoms. The summed E-state index contributed by atoms with van der Waals surface area (Å²) in [7, 11) is -3.86. The minimum absolute atomic E-state index is 0.0687. The van der Waals surface area contributed by atoms with E-state index in [4.69, 9.17) is 5.11 Å². The van der Waals surface area contributed by atoms with Crippen LogP contribution in [0.2, 0.25) is 0 Å². The fraction of sp³-hybridized carbons (Fsp3) is 0.143. The third kappa shape index (κ3) is 3.61. The van der Waals surface area contributed by atoms with Gasteiger partial charge in [-0.1, -0.05) is 6.07 Å². The Morgan fingerprint density at radius 3 is 2.57 bits per heavy atom. The van der Waals surface area contributed by atoms with Crippen molar-refractivity contribution < 1.29 is 17.9 Å². The Labute approximate surface area is 130 Å². The lowest BCUT2D eigenvalue weighted by molar-refractivity contribution is 0.275. The number of anilines is 1. The molecule has 0 bridgehead atoms. The molecule has 0 heterocycles. The topological polar surface area (TPSA) is 66.4 Å². The largest absolute Gasteiger partial charge is 0.392 e. The third-order valence-electron chi connectivity index (χ3n) is 2.87. The van der Waals surface area contributed by atoms with Crippen LogP contribution in [-0.4, -0.2) is 13.5 Å². The summed E-state index contributed by atoms with van der Waals surface area (Å²) in [6.07, 6.45) is 0. The molecule has 112 valence electrons. The van der Waals surface area contributed by atoms with Crippen molar-refractivity contribution in [3.63, 3.8) is 0 Å². The monoisotopic (exact) mass is 373 g/mol. The van der Waals surface area contributed by atoms with E-state index in [1.807, 2.05) is 6.92 Å². The normalized spacial score (nSPS) is 11.4. The lowest BCUT2D eigenvalue weighted by Gasteiger charge is -2.11. The number of aryl methyl sites for hydroxylation is 1. The van der Waals surface area contributed by atoms with Crippen LogP contribution in [0.5, 0.6) is 0 Å². The number of halogens is 2. The predicted octanol–water partition coefficient (Wildman–Crippen LogP) is 3.19. The van der Waals surface area contributed by atoms with Gasteiger partial charge in [0.2, 0.25) is 0 Å². The lowest BCUT2D eigenvalue weighted by atomic mass is 10.2. The van der Waals surface area contributed by atoms with E-state index < -0.39 is 22.4 Å². The second-order valence-electron chi connectivity index (χ2n) is 4.50. The maximum absolute atomic E-state index is 13.3. The van der Waals surface area contributed by atoms with Gasteiger partial charge in [-0.05, 0) is 58.7 Å². The zero-order chi connectivity index (χ0) is 15.6. The van der Waals surface area contributed by atoms with Crippen LogP contribution in [0.3, 0.4) is 0 Å². The summed E-state index contributed by atoms with van der Waals surface area (Å²) in [5.74, 6) is -0.645. The molecule has 0 amide bonds. The molecule has 0 aliphatic heterocycles. The highest BCUT2D eigenvalue weighted by Crippen LogP contribution is 2.26. The van der Waals surface area contributed by atoms with Gasteiger partial charge in [0.1, 0.15) is 5.82 Å². The van der Waals surface area contributed by atoms with Crippen LogP contribution in [0.15, 0.2) is 45.8 Å². The fourth-order valence-corrected chi connectivity index (χ4v) is 3.60. The summed E-state index contributed by atoms with van der Waals surface area (Å²) >= 11 is 3.29. The van der Waals surface area contributed by atoms with Gasteiger partial charge in [0.15, 0.2) is 0 Å². The number of benzene rings is 2. The number of rotatable bonds is 4. The van der Waals surface area contributed by atoms with Gasteiger partial charge in [0.25, 0.3) is 10.0 Å². The first-order chi connectivity index (χ1) is 9.83. The van der Waals surface area contributed by atoms with Crippen molar-refractivity contribution in [2.45, 2.75) is 18.4 Å². The van der Waals surface area contributed by atoms with Crippen LogP contribution in [0, 0.1) is 12.7 Å². The molecule has 0 saturated carbocycles. The van der Waals surface area contributed by atoms with Gasteiger partial charge in [-0.3, -0.25) is 4.72 Å². The first-order valence-corrected chi connectivity index (χ1v) is 8.29. The number of nitrogens with one attached hydrogen (secondary N) is 1. The molecule has 0 aromatic heterocycles. The van der Waals surface area contributed by atoms with Crippen LogP contribution in [0.4, 0.5) is 10.1 Å². The molecule has 21 heavy (non-hydrogen) atoms. The highest BCUT2D eigenvalue weighted by Gasteiger charge is 2.17. The molecule has 0 aliphatic carbocycles. The number of aliphatic hydroxyl groups excluding tert-OH is 1. The van der Waals surface area contributed by atoms with E-state index >= 15 is 0 Å². The molecule has 0 fully saturated rings. The highest BCUT2D eigenvalue weighted by atomic mass is 79.9. The smallest absolute Gasteiger partial charge is 0.261 e. The molecule has 0 atom stereocenters. The average molecular weight is 374 g/mol. The molecule has 0 radical (unpaired) electrons. The van der Waals surface area contributed by atoms with Crippen molar-refractivity contribution in [1.29, 1.82) is 0 Å². The van der Waals surface area contributed by atoms with Crippen molar-refractivity contribution in [2.24, 2.45) is 0 Å². The summed E-state index contributed by atoms with van der Waals surface area (Å²) < 4.78 is 40.9. The number of hydrogen-bond donors (Lipinski definition) is 2. The Balaban J connectivity index is 2.38. The van der Waals surface area contributed by atoms with Gasteiger partial charge in [0.05, 0.1) is 17.2 Å². The maximum atomic E-state index is 13.3. The summed E-state index contributed by atoms with van der Waals surface area (Å²) in [5.41, 5.74) is 1.30. The Kier molecular flexibility index (Phi) is 4.65. The molecule has 2 rings (SSSR count). The molecule has 0 unspecified atom stereocenters. The average Bonchev–Trinajstić information content (AvgIpc) is 2.42. The lowest BCUT2D eigenvalue weighted by Crippen LogP contribution is -2.14. The van der Waals surface area contributed by atoms with Gasteiger partial charge in [-0.25, -0.2) is 12.8 Å². The Morgan fingerprint density at radius 1 is 1.24 bits per heavy atom. The first-order valence-electron chi connectivity index (χ1n) is 6.02. The Morgan fingerprint density at radius 2 is 1.95 bits per heavy atom. The van der Waals surface area contributed by atoms with Gasteiger partial charge in [-0.2, -0.15) is 0 Å². The maximum Gasteiger partial charge on any atom is 0.261 e. The van der Waals surface area contributed by atoms with Gasteiger partial charge in [0, 0.05) is 10.0 Å². The second-order valence-corrected chi connectivity index (χ2v) is 7.04. The molecular weight excluding hydrogens is 361 g/mol. The molecule has 0 aliphatic rings. The van der Waals surface area contributed by atoms with E-state index in [-0.39, 0.29) is 10.5 Å². The summed E-state index contributed by atoms with van der Waals surface area (Å²) in [5, 5.41) is 9.01. The third-order valence-corrected chi connectivity index (χ3v) is 4.89. The number of hydrogen-bond acceptors (Lipinski definition) is 3. The zero-order valence-electron chi connectivity index (χ0n) is 11.1. The van der Waals surface area contributed by atoms with Crippen LogP contribution in [-0.2, 0) is 16.6 Å². The molecule has 4 nitrogen and oxygen atoms in total. The SMILES string of the molecule is Cc1ccc(NS(=O)(=O)c2ccc(F)c(CO)c2)c(Br)c1. The summed E-state index contributed by atoms with van der Waals surface area (Å²) in [6.45, 7) is 1.32. The van der Waals surface area contributed by atoms with Gasteiger partial charge in [-0.15, -0.1) is 0 Å². The molecule has 0 saturated heterocycles. The van der Waals surface area contributed by atoms with E-state index in [1.165, 1.54) is 0 Å². The van der Waals surface area contributed by atoms with Crippen LogP contribution in [0.25, 0.3) is 0 Å². The molecular formula is C14H13BrFNO3S. The van der Waals surface area contributed by atoms with E-state index in [9.17, 15) is 12.8 Å². The van der Waals surface area contributed by atoms with Gasteiger partial charge < -0.3 is 5.11 Å². The van der Waals surface area contributed by atoms with Gasteiger partial charge >= 0.3 is 0 Å². The van der Waals surface area contributed by atoms with Crippen molar-refractivity contribution in [3.8, 4) is 0 Å². The minimum Gasteiger partial charge on any atom is -0.392 e. The van der Waals surface area contributed by atoms with E-state index in [0.29, 0.717) is 10.2 Å². The van der Waals surface area contributed by atoms with Crippen LogP contribution >= 0.6 is 15.9 Å². The number of sulfonamides is 1. The van der Waals surface area contributed by atoms with Crippen molar-refractivity contribution in [2.75, 3.05) is 4.72 Å². The highest BCUT2D eigenvalue weighted by molar-refractivity contribution is 9.10. The van der Waals surface area contributed by atoms with Crippen molar-refractivity contribution >= 4 is 31.6 Å². The predicted molar refractivity (Wildman–Crippen MR) is 82.0 cm³/mol. The van der Waals surface area contributed by atoms with Crippen molar-refractivity contribution in [1.82, 2.24) is 0 Å². The number of aliphatic hydroxyl groups is 1.